The van der Waals surface area contributed by atoms with Crippen LogP contribution < -0.4 is 10.1 Å². The first-order chi connectivity index (χ1) is 10.1. The molecular formula is C15H22N2O4. The first-order valence-corrected chi connectivity index (χ1v) is 7.41. The lowest BCUT2D eigenvalue weighted by atomic mass is 9.82. The van der Waals surface area contributed by atoms with Gasteiger partial charge in [0.15, 0.2) is 5.75 Å². The van der Waals surface area contributed by atoms with Gasteiger partial charge in [-0.25, -0.2) is 0 Å². The Labute approximate surface area is 124 Å². The number of nitro groups is 1. The number of aliphatic hydroxyl groups is 1. The number of ether oxygens (including phenoxy) is 1. The van der Waals surface area contributed by atoms with Crippen molar-refractivity contribution < 1.29 is 14.8 Å². The maximum atomic E-state index is 11.4. The molecule has 6 heteroatoms. The van der Waals surface area contributed by atoms with Gasteiger partial charge in [-0.3, -0.25) is 10.1 Å². The maximum Gasteiger partial charge on any atom is 0.333 e. The predicted molar refractivity (Wildman–Crippen MR) is 80.8 cm³/mol. The summed E-state index contributed by atoms with van der Waals surface area (Å²) in [6, 6.07) is 5.00. The van der Waals surface area contributed by atoms with Crippen LogP contribution in [-0.4, -0.2) is 28.8 Å². The summed E-state index contributed by atoms with van der Waals surface area (Å²) in [4.78, 5) is 10.9. The topological polar surface area (TPSA) is 84.6 Å². The van der Waals surface area contributed by atoms with Gasteiger partial charge >= 0.3 is 5.69 Å². The third-order valence-electron chi connectivity index (χ3n) is 3.99. The number of benzene rings is 1. The number of anilines is 1. The van der Waals surface area contributed by atoms with Gasteiger partial charge < -0.3 is 15.2 Å². The molecule has 2 rings (SSSR count). The first kappa shape index (κ1) is 15.6. The minimum absolute atomic E-state index is 0.0248. The van der Waals surface area contributed by atoms with E-state index in [1.807, 2.05) is 0 Å². The largest absolute Gasteiger partial charge is 0.487 e. The predicted octanol–water partition coefficient (Wildman–Crippen LogP) is 3.10. The van der Waals surface area contributed by atoms with E-state index in [9.17, 15) is 15.2 Å². The summed E-state index contributed by atoms with van der Waals surface area (Å²) in [7, 11) is 0. The molecule has 1 fully saturated rings. The third-order valence-corrected chi connectivity index (χ3v) is 3.99. The SMILES string of the molecule is CCOc1cccc(NC2(CO)CCCCC2)c1[N+](=O)[O-]. The number of nitrogens with one attached hydrogen (secondary N) is 1. The second-order valence-corrected chi connectivity index (χ2v) is 5.47. The number of hydrogen-bond donors (Lipinski definition) is 2. The van der Waals surface area contributed by atoms with E-state index in [1.165, 1.54) is 0 Å². The van der Waals surface area contributed by atoms with E-state index in [1.54, 1.807) is 25.1 Å². The summed E-state index contributed by atoms with van der Waals surface area (Å²) < 4.78 is 5.35. The summed E-state index contributed by atoms with van der Waals surface area (Å²) in [5.74, 6) is 0.261. The van der Waals surface area contributed by atoms with Crippen LogP contribution in [0.3, 0.4) is 0 Å². The van der Waals surface area contributed by atoms with Crippen LogP contribution in [-0.2, 0) is 0 Å². The van der Waals surface area contributed by atoms with Gasteiger partial charge in [-0.15, -0.1) is 0 Å². The highest BCUT2D eigenvalue weighted by atomic mass is 16.6. The quantitative estimate of drug-likeness (QED) is 0.622. The molecule has 0 unspecified atom stereocenters. The second-order valence-electron chi connectivity index (χ2n) is 5.47. The highest BCUT2D eigenvalue weighted by molar-refractivity contribution is 5.69. The lowest BCUT2D eigenvalue weighted by molar-refractivity contribution is -0.385. The fraction of sp³-hybridized carbons (Fsp3) is 0.600. The molecule has 1 aromatic carbocycles. The summed E-state index contributed by atoms with van der Waals surface area (Å²) in [6.07, 6.45) is 4.82. The van der Waals surface area contributed by atoms with Gasteiger partial charge in [0, 0.05) is 0 Å². The molecule has 1 aliphatic rings. The van der Waals surface area contributed by atoms with Crippen molar-refractivity contribution in [1.29, 1.82) is 0 Å². The standard InChI is InChI=1S/C15H22N2O4/c1-2-21-13-8-6-7-12(14(13)17(19)20)16-15(11-18)9-4-3-5-10-15/h6-8,16,18H,2-5,9-11H2,1H3. The normalized spacial score (nSPS) is 17.2. The smallest absolute Gasteiger partial charge is 0.333 e. The van der Waals surface area contributed by atoms with Crippen LogP contribution >= 0.6 is 0 Å². The Hall–Kier alpha value is -1.82. The Balaban J connectivity index is 2.34. The number of nitro benzene ring substituents is 1. The van der Waals surface area contributed by atoms with Gasteiger partial charge in [-0.2, -0.15) is 0 Å². The number of nitrogens with zero attached hydrogens (tertiary/aromatic N) is 1. The molecule has 6 nitrogen and oxygen atoms in total. The molecule has 0 aliphatic heterocycles. The Kier molecular flexibility index (Phi) is 5.01. The minimum Gasteiger partial charge on any atom is -0.487 e. The molecule has 2 N–H and O–H groups in total. The zero-order valence-corrected chi connectivity index (χ0v) is 12.3. The van der Waals surface area contributed by atoms with Gasteiger partial charge in [0.1, 0.15) is 5.69 Å². The lowest BCUT2D eigenvalue weighted by Crippen LogP contribution is -2.44. The van der Waals surface area contributed by atoms with Crippen molar-refractivity contribution in [3.63, 3.8) is 0 Å². The monoisotopic (exact) mass is 294 g/mol. The van der Waals surface area contributed by atoms with E-state index in [0.29, 0.717) is 12.3 Å². The second kappa shape index (κ2) is 6.76. The fourth-order valence-corrected chi connectivity index (χ4v) is 2.92. The van der Waals surface area contributed by atoms with Crippen molar-refractivity contribution in [2.24, 2.45) is 0 Å². The average molecular weight is 294 g/mol. The highest BCUT2D eigenvalue weighted by Gasteiger charge is 2.34. The van der Waals surface area contributed by atoms with Crippen molar-refractivity contribution in [2.45, 2.75) is 44.6 Å². The van der Waals surface area contributed by atoms with Crippen molar-refractivity contribution >= 4 is 11.4 Å². The summed E-state index contributed by atoms with van der Waals surface area (Å²) in [6.45, 7) is 2.14. The Bertz CT molecular complexity index is 498. The first-order valence-electron chi connectivity index (χ1n) is 7.41. The molecule has 0 atom stereocenters. The molecule has 0 amide bonds. The van der Waals surface area contributed by atoms with Crippen LogP contribution in [0.2, 0.25) is 0 Å². The van der Waals surface area contributed by atoms with Crippen molar-refractivity contribution in [3.05, 3.63) is 28.3 Å². The fourth-order valence-electron chi connectivity index (χ4n) is 2.92. The van der Waals surface area contributed by atoms with Crippen LogP contribution in [0, 0.1) is 10.1 Å². The molecule has 21 heavy (non-hydrogen) atoms. The highest BCUT2D eigenvalue weighted by Crippen LogP contribution is 2.39. The van der Waals surface area contributed by atoms with Crippen molar-refractivity contribution in [1.82, 2.24) is 0 Å². The van der Waals surface area contributed by atoms with Gasteiger partial charge in [0.2, 0.25) is 0 Å². The average Bonchev–Trinajstić information content (AvgIpc) is 2.48. The van der Waals surface area contributed by atoms with E-state index < -0.39 is 10.5 Å². The molecule has 1 aliphatic carbocycles. The van der Waals surface area contributed by atoms with E-state index in [0.717, 1.165) is 32.1 Å². The molecule has 0 bridgehead atoms. The van der Waals surface area contributed by atoms with Crippen LogP contribution in [0.25, 0.3) is 0 Å². The number of para-hydroxylation sites is 1. The molecule has 0 radical (unpaired) electrons. The van der Waals surface area contributed by atoms with Gasteiger partial charge in [0.25, 0.3) is 0 Å². The van der Waals surface area contributed by atoms with E-state index in [4.69, 9.17) is 4.74 Å². The zero-order valence-electron chi connectivity index (χ0n) is 12.3. The Morgan fingerprint density at radius 3 is 2.67 bits per heavy atom. The van der Waals surface area contributed by atoms with Gasteiger partial charge in [-0.05, 0) is 31.9 Å². The number of aliphatic hydroxyl groups excluding tert-OH is 1. The molecule has 0 aromatic heterocycles. The molecule has 0 heterocycles. The molecular weight excluding hydrogens is 272 g/mol. The molecule has 0 spiro atoms. The molecule has 1 saturated carbocycles. The van der Waals surface area contributed by atoms with Crippen LogP contribution in [0.15, 0.2) is 18.2 Å². The van der Waals surface area contributed by atoms with E-state index >= 15 is 0 Å². The minimum atomic E-state index is -0.464. The molecule has 1 aromatic rings. The number of hydrogen-bond acceptors (Lipinski definition) is 5. The number of rotatable bonds is 6. The zero-order chi connectivity index (χ0) is 15.3. The van der Waals surface area contributed by atoms with Crippen LogP contribution in [0.5, 0.6) is 5.75 Å². The molecule has 0 saturated heterocycles. The maximum absolute atomic E-state index is 11.4. The van der Waals surface area contributed by atoms with Crippen LogP contribution in [0.4, 0.5) is 11.4 Å². The summed E-state index contributed by atoms with van der Waals surface area (Å²) in [5.41, 5.74) is -0.104. The van der Waals surface area contributed by atoms with Crippen LogP contribution in [0.1, 0.15) is 39.0 Å². The van der Waals surface area contributed by atoms with E-state index in [2.05, 4.69) is 5.32 Å². The van der Waals surface area contributed by atoms with Crippen molar-refractivity contribution in [3.8, 4) is 5.75 Å². The Morgan fingerprint density at radius 2 is 2.10 bits per heavy atom. The van der Waals surface area contributed by atoms with Crippen molar-refractivity contribution in [2.75, 3.05) is 18.5 Å². The Morgan fingerprint density at radius 1 is 1.38 bits per heavy atom. The molecule has 116 valence electrons. The van der Waals surface area contributed by atoms with Gasteiger partial charge in [-0.1, -0.05) is 25.3 Å². The lowest BCUT2D eigenvalue weighted by Gasteiger charge is -2.37. The van der Waals surface area contributed by atoms with E-state index in [-0.39, 0.29) is 18.0 Å². The van der Waals surface area contributed by atoms with Gasteiger partial charge in [0.05, 0.1) is 23.7 Å². The third kappa shape index (κ3) is 3.44. The summed E-state index contributed by atoms with van der Waals surface area (Å²) >= 11 is 0. The summed E-state index contributed by atoms with van der Waals surface area (Å²) in [5, 5.41) is 24.3.